The van der Waals surface area contributed by atoms with Crippen LogP contribution in [0.3, 0.4) is 0 Å². The first-order valence-corrected chi connectivity index (χ1v) is 9.66. The summed E-state index contributed by atoms with van der Waals surface area (Å²) in [5.41, 5.74) is 0.819. The molecule has 1 rings (SSSR count). The Bertz CT molecular complexity index is 879. The van der Waals surface area contributed by atoms with E-state index in [-0.39, 0.29) is 34.8 Å². The van der Waals surface area contributed by atoms with Gasteiger partial charge < -0.3 is 10.6 Å². The molecule has 10 heteroatoms. The maximum atomic E-state index is 12.4. The summed E-state index contributed by atoms with van der Waals surface area (Å²) in [5, 5.41) is 15.7. The van der Waals surface area contributed by atoms with Gasteiger partial charge in [0.05, 0.1) is 4.90 Å². The monoisotopic (exact) mass is 395 g/mol. The zero-order valence-electron chi connectivity index (χ0n) is 15.2. The summed E-state index contributed by atoms with van der Waals surface area (Å²) in [6.07, 6.45) is 5.41. The van der Waals surface area contributed by atoms with Gasteiger partial charge in [-0.25, -0.2) is 8.42 Å². The van der Waals surface area contributed by atoms with Crippen LogP contribution >= 0.6 is 0 Å². The molecule has 0 bridgehead atoms. The smallest absolute Gasteiger partial charge is 0.305 e. The number of carbonyl (C=O) groups excluding carboxylic acids is 2. The summed E-state index contributed by atoms with van der Waals surface area (Å²) in [4.78, 5) is 33.4. The molecule has 1 unspecified atom stereocenters. The van der Waals surface area contributed by atoms with Crippen LogP contribution in [0.15, 0.2) is 17.0 Å². The molecule has 0 aliphatic carbocycles. The molecule has 0 saturated heterocycles. The Hall–Kier alpha value is -2.93. The number of hydrogen-bond donors (Lipinski definition) is 2. The van der Waals surface area contributed by atoms with Gasteiger partial charge >= 0.3 is 5.88 Å². The van der Waals surface area contributed by atoms with Gasteiger partial charge in [-0.15, -0.1) is 12.3 Å². The largest absolute Gasteiger partial charge is 0.343 e. The van der Waals surface area contributed by atoms with Crippen LogP contribution in [0.1, 0.15) is 30.9 Å². The number of sulfone groups is 1. The lowest BCUT2D eigenvalue weighted by Gasteiger charge is -2.17. The Labute approximate surface area is 157 Å². The van der Waals surface area contributed by atoms with Crippen LogP contribution in [-0.2, 0) is 19.4 Å². The Morgan fingerprint density at radius 3 is 2.30 bits per heavy atom. The van der Waals surface area contributed by atoms with E-state index in [2.05, 4.69) is 16.6 Å². The van der Waals surface area contributed by atoms with Crippen molar-refractivity contribution in [3.63, 3.8) is 0 Å². The van der Waals surface area contributed by atoms with Gasteiger partial charge in [-0.3, -0.25) is 19.7 Å². The van der Waals surface area contributed by atoms with Gasteiger partial charge in [0.2, 0.25) is 21.7 Å². The summed E-state index contributed by atoms with van der Waals surface area (Å²) in [6, 6.07) is 1.86. The summed E-state index contributed by atoms with van der Waals surface area (Å²) in [6.45, 7) is 4.59. The Kier molecular flexibility index (Phi) is 7.48. The number of aryl methyl sites for hydroxylation is 2. The summed E-state index contributed by atoms with van der Waals surface area (Å²) < 4.78 is 24.3. The number of amides is 2. The highest BCUT2D eigenvalue weighted by molar-refractivity contribution is 7.91. The maximum absolute atomic E-state index is 12.4. The van der Waals surface area contributed by atoms with Crippen molar-refractivity contribution < 1.29 is 22.9 Å². The lowest BCUT2D eigenvalue weighted by Crippen LogP contribution is -2.43. The van der Waals surface area contributed by atoms with Crippen LogP contribution in [0.2, 0.25) is 0 Å². The topological polar surface area (TPSA) is 135 Å². The van der Waals surface area contributed by atoms with Crippen molar-refractivity contribution in [1.29, 1.82) is 0 Å². The molecule has 0 aromatic heterocycles. The standard InChI is InChI=1S/C17H21N3O6S/c1-5-7-14(19-15(21)6-2)17(22)18-13-8-11(3)16(12(4)9-13)27(25,26)10-20(23)24/h1,8-9,14H,6-7,10H2,2-4H3,(H,18,22)(H,19,21). The molecule has 0 heterocycles. The van der Waals surface area contributed by atoms with Gasteiger partial charge in [0.25, 0.3) is 0 Å². The number of terminal acetylenes is 1. The molecule has 2 amide bonds. The Morgan fingerprint density at radius 1 is 1.30 bits per heavy atom. The minimum atomic E-state index is -4.11. The lowest BCUT2D eigenvalue weighted by molar-refractivity contribution is -0.458. The molecule has 1 aromatic carbocycles. The number of nitro groups is 1. The predicted molar refractivity (Wildman–Crippen MR) is 99.3 cm³/mol. The van der Waals surface area contributed by atoms with Crippen LogP contribution in [-0.4, -0.2) is 37.1 Å². The molecule has 0 radical (unpaired) electrons. The fourth-order valence-electron chi connectivity index (χ4n) is 2.57. The number of anilines is 1. The second-order valence-corrected chi connectivity index (χ2v) is 7.78. The third-order valence-corrected chi connectivity index (χ3v) is 5.43. The molecule has 0 saturated carbocycles. The van der Waals surface area contributed by atoms with E-state index in [0.717, 1.165) is 0 Å². The van der Waals surface area contributed by atoms with Gasteiger partial charge in [-0.05, 0) is 37.1 Å². The molecule has 1 atom stereocenters. The van der Waals surface area contributed by atoms with Crippen molar-refractivity contribution in [3.8, 4) is 12.3 Å². The maximum Gasteiger partial charge on any atom is 0.305 e. The third-order valence-electron chi connectivity index (χ3n) is 3.61. The van der Waals surface area contributed by atoms with E-state index in [1.165, 1.54) is 26.0 Å². The third kappa shape index (κ3) is 6.07. The molecule has 9 nitrogen and oxygen atoms in total. The van der Waals surface area contributed by atoms with E-state index in [4.69, 9.17) is 6.42 Å². The number of rotatable bonds is 8. The minimum absolute atomic E-state index is 0.00909. The molecular formula is C17H21N3O6S. The summed E-state index contributed by atoms with van der Waals surface area (Å²) >= 11 is 0. The van der Waals surface area contributed by atoms with Gasteiger partial charge in [-0.1, -0.05) is 6.92 Å². The van der Waals surface area contributed by atoms with Crippen LogP contribution in [0, 0.1) is 36.3 Å². The zero-order valence-corrected chi connectivity index (χ0v) is 16.1. The summed E-state index contributed by atoms with van der Waals surface area (Å²) in [7, 11) is -4.11. The van der Waals surface area contributed by atoms with Crippen molar-refractivity contribution in [2.75, 3.05) is 11.2 Å². The highest BCUT2D eigenvalue weighted by Gasteiger charge is 2.26. The van der Waals surface area contributed by atoms with Gasteiger partial charge in [0, 0.05) is 23.5 Å². The normalized spacial score (nSPS) is 11.9. The predicted octanol–water partition coefficient (Wildman–Crippen LogP) is 1.17. The van der Waals surface area contributed by atoms with Crippen LogP contribution in [0.25, 0.3) is 0 Å². The molecule has 146 valence electrons. The van der Waals surface area contributed by atoms with E-state index in [1.807, 2.05) is 0 Å². The molecular weight excluding hydrogens is 374 g/mol. The first kappa shape index (κ1) is 22.1. The van der Waals surface area contributed by atoms with E-state index < -0.39 is 32.6 Å². The van der Waals surface area contributed by atoms with Gasteiger partial charge in [-0.2, -0.15) is 0 Å². The lowest BCUT2D eigenvalue weighted by atomic mass is 10.1. The second-order valence-electron chi connectivity index (χ2n) is 5.89. The number of benzene rings is 1. The average molecular weight is 395 g/mol. The zero-order chi connectivity index (χ0) is 20.8. The van der Waals surface area contributed by atoms with Crippen molar-refractivity contribution >= 4 is 27.3 Å². The van der Waals surface area contributed by atoms with E-state index in [1.54, 1.807) is 6.92 Å². The molecule has 0 fully saturated rings. The number of nitrogens with zero attached hydrogens (tertiary/aromatic N) is 1. The molecule has 2 N–H and O–H groups in total. The SMILES string of the molecule is C#CCC(NC(=O)CC)C(=O)Nc1cc(C)c(S(=O)(=O)C[N+](=O)[O-])c(C)c1. The van der Waals surface area contributed by atoms with Crippen LogP contribution in [0.4, 0.5) is 5.69 Å². The first-order chi connectivity index (χ1) is 12.5. The fraction of sp³-hybridized carbons (Fsp3) is 0.412. The van der Waals surface area contributed by atoms with Crippen molar-refractivity contribution in [3.05, 3.63) is 33.4 Å². The Balaban J connectivity index is 3.13. The molecule has 0 aliphatic rings. The van der Waals surface area contributed by atoms with E-state index in [0.29, 0.717) is 5.69 Å². The van der Waals surface area contributed by atoms with Gasteiger partial charge in [0.1, 0.15) is 6.04 Å². The van der Waals surface area contributed by atoms with Crippen molar-refractivity contribution in [1.82, 2.24) is 5.32 Å². The van der Waals surface area contributed by atoms with E-state index in [9.17, 15) is 28.1 Å². The van der Waals surface area contributed by atoms with Crippen molar-refractivity contribution in [2.24, 2.45) is 0 Å². The molecule has 0 spiro atoms. The number of nitrogens with one attached hydrogen (secondary N) is 2. The highest BCUT2D eigenvalue weighted by atomic mass is 32.2. The minimum Gasteiger partial charge on any atom is -0.343 e. The number of hydrogen-bond acceptors (Lipinski definition) is 6. The second kappa shape index (κ2) is 9.14. The van der Waals surface area contributed by atoms with Crippen molar-refractivity contribution in [2.45, 2.75) is 44.6 Å². The molecule has 27 heavy (non-hydrogen) atoms. The first-order valence-electron chi connectivity index (χ1n) is 8.01. The molecule has 1 aromatic rings. The van der Waals surface area contributed by atoms with Crippen LogP contribution < -0.4 is 10.6 Å². The fourth-order valence-corrected chi connectivity index (χ4v) is 4.07. The molecule has 0 aliphatic heterocycles. The van der Waals surface area contributed by atoms with Gasteiger partial charge in [0.15, 0.2) is 0 Å². The quantitative estimate of drug-likeness (QED) is 0.385. The highest BCUT2D eigenvalue weighted by Crippen LogP contribution is 2.25. The number of carbonyl (C=O) groups is 2. The van der Waals surface area contributed by atoms with E-state index >= 15 is 0 Å². The summed E-state index contributed by atoms with van der Waals surface area (Å²) in [5.74, 6) is 0.220. The van der Waals surface area contributed by atoms with Crippen LogP contribution in [0.5, 0.6) is 0 Å². The Morgan fingerprint density at radius 2 is 1.85 bits per heavy atom. The average Bonchev–Trinajstić information content (AvgIpc) is 2.51.